The van der Waals surface area contributed by atoms with E-state index >= 15 is 0 Å². The fraction of sp³-hybridized carbons (Fsp3) is 0.190. The Hall–Kier alpha value is -2.65. The fourth-order valence-electron chi connectivity index (χ4n) is 2.67. The molecule has 0 radical (unpaired) electrons. The molecular weight excluding hydrogens is 298 g/mol. The highest BCUT2D eigenvalue weighted by atomic mass is 16.5. The Labute approximate surface area is 142 Å². The van der Waals surface area contributed by atoms with Crippen LogP contribution in [0.4, 0.5) is 0 Å². The second-order valence-corrected chi connectivity index (χ2v) is 6.13. The molecule has 122 valence electrons. The first kappa shape index (κ1) is 16.2. The molecule has 0 saturated carbocycles. The maximum absolute atomic E-state index is 11.0. The zero-order chi connectivity index (χ0) is 17.0. The number of aryl methyl sites for hydroxylation is 1. The molecule has 0 aliphatic heterocycles. The Morgan fingerprint density at radius 3 is 2.46 bits per heavy atom. The van der Waals surface area contributed by atoms with Gasteiger partial charge < -0.3 is 9.84 Å². The third-order valence-corrected chi connectivity index (χ3v) is 4.15. The molecule has 1 aromatic heterocycles. The van der Waals surface area contributed by atoms with E-state index in [2.05, 4.69) is 0 Å². The number of hydrogen-bond donors (Lipinski definition) is 1. The van der Waals surface area contributed by atoms with Crippen LogP contribution in [0.15, 0.2) is 79.1 Å². The number of ether oxygens (including phenoxy) is 1. The second kappa shape index (κ2) is 6.85. The Balaban J connectivity index is 1.81. The maximum atomic E-state index is 11.0. The fourth-order valence-corrected chi connectivity index (χ4v) is 2.67. The number of rotatable bonds is 5. The molecule has 1 unspecified atom stereocenters. The lowest BCUT2D eigenvalue weighted by Gasteiger charge is -2.23. The van der Waals surface area contributed by atoms with Gasteiger partial charge in [-0.3, -0.25) is 0 Å². The van der Waals surface area contributed by atoms with Gasteiger partial charge in [0.1, 0.15) is 25.0 Å². The van der Waals surface area contributed by atoms with E-state index in [-0.39, 0.29) is 0 Å². The number of nitrogens with zero attached hydrogens (tertiary/aromatic N) is 1. The molecule has 0 saturated heterocycles. The third kappa shape index (κ3) is 3.63. The van der Waals surface area contributed by atoms with Crippen molar-refractivity contribution in [2.24, 2.45) is 7.05 Å². The smallest absolute Gasteiger partial charge is 0.174 e. The minimum Gasteiger partial charge on any atom is -0.489 e. The summed E-state index contributed by atoms with van der Waals surface area (Å²) in [6.07, 6.45) is 3.87. The van der Waals surface area contributed by atoms with Crippen LogP contribution in [0.5, 0.6) is 5.75 Å². The van der Waals surface area contributed by atoms with Gasteiger partial charge in [0.25, 0.3) is 0 Å². The van der Waals surface area contributed by atoms with Crippen molar-refractivity contribution in [3.8, 4) is 5.75 Å². The summed E-state index contributed by atoms with van der Waals surface area (Å²) >= 11 is 0. The van der Waals surface area contributed by atoms with Crippen LogP contribution < -0.4 is 9.30 Å². The van der Waals surface area contributed by atoms with Crippen LogP contribution in [0.2, 0.25) is 0 Å². The average Bonchev–Trinajstić information content (AvgIpc) is 2.61. The van der Waals surface area contributed by atoms with Gasteiger partial charge in [-0.2, -0.15) is 0 Å². The van der Waals surface area contributed by atoms with Crippen molar-refractivity contribution in [2.45, 2.75) is 19.1 Å². The number of pyridine rings is 1. The summed E-state index contributed by atoms with van der Waals surface area (Å²) in [5, 5.41) is 11.0. The van der Waals surface area contributed by atoms with E-state index in [0.717, 1.165) is 22.4 Å². The Morgan fingerprint density at radius 1 is 0.958 bits per heavy atom. The summed E-state index contributed by atoms with van der Waals surface area (Å²) in [5.41, 5.74) is 1.68. The first-order chi connectivity index (χ1) is 11.6. The Kier molecular flexibility index (Phi) is 4.63. The van der Waals surface area contributed by atoms with Gasteiger partial charge in [-0.25, -0.2) is 4.57 Å². The van der Waals surface area contributed by atoms with Crippen molar-refractivity contribution in [2.75, 3.05) is 0 Å². The van der Waals surface area contributed by atoms with Crippen LogP contribution >= 0.6 is 0 Å². The van der Waals surface area contributed by atoms with Crippen molar-refractivity contribution in [1.82, 2.24) is 0 Å². The Morgan fingerprint density at radius 2 is 1.71 bits per heavy atom. The van der Waals surface area contributed by atoms with Gasteiger partial charge >= 0.3 is 0 Å². The molecular formula is C21H22NO2+. The van der Waals surface area contributed by atoms with E-state index in [9.17, 15) is 5.11 Å². The molecule has 0 aliphatic carbocycles. The maximum Gasteiger partial charge on any atom is 0.174 e. The lowest BCUT2D eigenvalue weighted by molar-refractivity contribution is -0.672. The van der Waals surface area contributed by atoms with Crippen molar-refractivity contribution < 1.29 is 14.4 Å². The van der Waals surface area contributed by atoms with Crippen LogP contribution in [-0.2, 0) is 19.3 Å². The third-order valence-electron chi connectivity index (χ3n) is 4.15. The number of benzene rings is 2. The molecule has 1 atom stereocenters. The quantitative estimate of drug-likeness (QED) is 0.732. The lowest BCUT2D eigenvalue weighted by atomic mass is 9.89. The van der Waals surface area contributed by atoms with Crippen LogP contribution in [0.25, 0.3) is 0 Å². The van der Waals surface area contributed by atoms with Gasteiger partial charge in [-0.15, -0.1) is 0 Å². The molecule has 0 bridgehead atoms. The monoisotopic (exact) mass is 320 g/mol. The SMILES string of the molecule is C[n+]1cccc(C(C)(O)c2cccc(OCc3ccccc3)c2)c1. The molecule has 0 fully saturated rings. The predicted molar refractivity (Wildman–Crippen MR) is 93.5 cm³/mol. The second-order valence-electron chi connectivity index (χ2n) is 6.13. The standard InChI is InChI=1S/C21H22NO2/c1-21(23,19-11-7-13-22(2)15-19)18-10-6-12-20(14-18)24-16-17-8-4-3-5-9-17/h3-15,23H,16H2,1-2H3/q+1. The molecule has 3 nitrogen and oxygen atoms in total. The molecule has 3 heteroatoms. The lowest BCUT2D eigenvalue weighted by Crippen LogP contribution is -2.32. The molecule has 3 rings (SSSR count). The van der Waals surface area contributed by atoms with Crippen LogP contribution in [0.3, 0.4) is 0 Å². The molecule has 2 aromatic carbocycles. The highest BCUT2D eigenvalue weighted by Crippen LogP contribution is 2.30. The van der Waals surface area contributed by atoms with Crippen LogP contribution in [0.1, 0.15) is 23.6 Å². The zero-order valence-corrected chi connectivity index (χ0v) is 14.0. The number of hydrogen-bond acceptors (Lipinski definition) is 2. The average molecular weight is 320 g/mol. The first-order valence-electron chi connectivity index (χ1n) is 8.01. The summed E-state index contributed by atoms with van der Waals surface area (Å²) in [5.74, 6) is 0.747. The summed E-state index contributed by atoms with van der Waals surface area (Å²) in [4.78, 5) is 0. The van der Waals surface area contributed by atoms with Crippen molar-refractivity contribution in [3.63, 3.8) is 0 Å². The minimum atomic E-state index is -1.08. The van der Waals surface area contributed by atoms with E-state index < -0.39 is 5.60 Å². The molecule has 0 aliphatic rings. The van der Waals surface area contributed by atoms with Crippen molar-refractivity contribution >= 4 is 0 Å². The first-order valence-corrected chi connectivity index (χ1v) is 8.01. The summed E-state index contributed by atoms with van der Waals surface area (Å²) < 4.78 is 7.80. The van der Waals surface area contributed by atoms with E-state index in [1.54, 1.807) is 6.92 Å². The van der Waals surface area contributed by atoms with Gasteiger partial charge in [-0.1, -0.05) is 42.5 Å². The van der Waals surface area contributed by atoms with Gasteiger partial charge in [-0.05, 0) is 36.2 Å². The normalized spacial score (nSPS) is 13.3. The molecule has 0 spiro atoms. The van der Waals surface area contributed by atoms with Gasteiger partial charge in [0, 0.05) is 6.07 Å². The number of aliphatic hydroxyl groups is 1. The van der Waals surface area contributed by atoms with E-state index in [1.165, 1.54) is 0 Å². The van der Waals surface area contributed by atoms with E-state index in [0.29, 0.717) is 6.61 Å². The summed E-state index contributed by atoms with van der Waals surface area (Å²) in [6, 6.07) is 21.5. The topological polar surface area (TPSA) is 33.3 Å². The molecule has 24 heavy (non-hydrogen) atoms. The van der Waals surface area contributed by atoms with Crippen molar-refractivity contribution in [3.05, 3.63) is 95.8 Å². The van der Waals surface area contributed by atoms with Crippen LogP contribution in [-0.4, -0.2) is 5.11 Å². The highest BCUT2D eigenvalue weighted by Gasteiger charge is 2.28. The predicted octanol–water partition coefficient (Wildman–Crippen LogP) is 3.35. The molecule has 1 heterocycles. The van der Waals surface area contributed by atoms with Crippen LogP contribution in [0, 0.1) is 0 Å². The minimum absolute atomic E-state index is 0.507. The summed E-state index contributed by atoms with van der Waals surface area (Å²) in [6.45, 7) is 2.31. The molecule has 0 amide bonds. The molecule has 3 aromatic rings. The highest BCUT2D eigenvalue weighted by molar-refractivity contribution is 5.38. The van der Waals surface area contributed by atoms with Gasteiger partial charge in [0.2, 0.25) is 0 Å². The Bertz CT molecular complexity index is 813. The zero-order valence-electron chi connectivity index (χ0n) is 14.0. The van der Waals surface area contributed by atoms with Gasteiger partial charge in [0.05, 0.1) is 5.56 Å². The largest absolute Gasteiger partial charge is 0.489 e. The van der Waals surface area contributed by atoms with Crippen molar-refractivity contribution in [1.29, 1.82) is 0 Å². The molecule has 1 N–H and O–H groups in total. The number of aromatic nitrogens is 1. The van der Waals surface area contributed by atoms with E-state index in [1.807, 2.05) is 90.7 Å². The van der Waals surface area contributed by atoms with Gasteiger partial charge in [0.15, 0.2) is 12.4 Å². The summed E-state index contributed by atoms with van der Waals surface area (Å²) in [7, 11) is 1.94. The van der Waals surface area contributed by atoms with E-state index in [4.69, 9.17) is 4.74 Å².